The summed E-state index contributed by atoms with van der Waals surface area (Å²) in [5, 5.41) is 3.72. The Labute approximate surface area is 169 Å². The van der Waals surface area contributed by atoms with Gasteiger partial charge in [0.15, 0.2) is 5.13 Å². The average molecular weight is 409 g/mol. The summed E-state index contributed by atoms with van der Waals surface area (Å²) < 4.78 is 0. The number of aryl methyl sites for hydroxylation is 2. The van der Waals surface area contributed by atoms with E-state index in [0.717, 1.165) is 23.5 Å². The van der Waals surface area contributed by atoms with E-state index in [2.05, 4.69) is 10.3 Å². The third-order valence-corrected chi connectivity index (χ3v) is 5.35. The van der Waals surface area contributed by atoms with Crippen LogP contribution in [0.15, 0.2) is 24.3 Å². The van der Waals surface area contributed by atoms with E-state index in [0.29, 0.717) is 22.3 Å². The zero-order valence-corrected chi connectivity index (χ0v) is 17.7. The lowest BCUT2D eigenvalue weighted by atomic mass is 10.2. The molecule has 0 unspecified atom stereocenters. The fraction of sp³-hybridized carbons (Fsp3) is 0.421. The molecule has 0 aliphatic heterocycles. The van der Waals surface area contributed by atoms with Crippen LogP contribution < -0.4 is 5.32 Å². The van der Waals surface area contributed by atoms with Crippen LogP contribution in [0.25, 0.3) is 0 Å². The van der Waals surface area contributed by atoms with Gasteiger partial charge in [0.05, 0.1) is 16.3 Å². The van der Waals surface area contributed by atoms with Crippen molar-refractivity contribution in [2.24, 2.45) is 0 Å². The monoisotopic (exact) mass is 408 g/mol. The molecule has 1 aromatic heterocycles. The second kappa shape index (κ2) is 9.82. The number of halogens is 1. The molecule has 0 saturated heterocycles. The maximum absolute atomic E-state index is 12.9. The van der Waals surface area contributed by atoms with Crippen molar-refractivity contribution >= 4 is 39.9 Å². The van der Waals surface area contributed by atoms with Crippen LogP contribution in [-0.2, 0) is 4.79 Å². The fourth-order valence-corrected chi connectivity index (χ4v) is 3.54. The van der Waals surface area contributed by atoms with Crippen molar-refractivity contribution in [2.45, 2.75) is 20.3 Å². The zero-order valence-electron chi connectivity index (χ0n) is 16.1. The highest BCUT2D eigenvalue weighted by Gasteiger charge is 2.21. The minimum absolute atomic E-state index is 0.0465. The van der Waals surface area contributed by atoms with Crippen molar-refractivity contribution in [2.75, 3.05) is 39.0 Å². The molecule has 1 aromatic carbocycles. The van der Waals surface area contributed by atoms with Gasteiger partial charge in [-0.2, -0.15) is 0 Å². The van der Waals surface area contributed by atoms with E-state index in [4.69, 9.17) is 11.6 Å². The molecule has 0 aliphatic carbocycles. The molecule has 2 aromatic rings. The van der Waals surface area contributed by atoms with Crippen LogP contribution in [0.3, 0.4) is 0 Å². The van der Waals surface area contributed by atoms with Crippen LogP contribution in [0.4, 0.5) is 5.13 Å². The summed E-state index contributed by atoms with van der Waals surface area (Å²) in [7, 11) is 3.94. The summed E-state index contributed by atoms with van der Waals surface area (Å²) in [6, 6.07) is 6.89. The number of hydrogen-bond donors (Lipinski definition) is 1. The van der Waals surface area contributed by atoms with Gasteiger partial charge in [-0.15, -0.1) is 11.3 Å². The summed E-state index contributed by atoms with van der Waals surface area (Å²) in [4.78, 5) is 34.3. The number of nitrogens with zero attached hydrogens (tertiary/aromatic N) is 3. The molecular formula is C19H25ClN4O2S. The summed E-state index contributed by atoms with van der Waals surface area (Å²) in [6.07, 6.45) is 0.756. The molecule has 8 heteroatoms. The van der Waals surface area contributed by atoms with Crippen molar-refractivity contribution in [3.63, 3.8) is 0 Å². The van der Waals surface area contributed by atoms with E-state index < -0.39 is 0 Å². The Balaban J connectivity index is 2.10. The van der Waals surface area contributed by atoms with Crippen LogP contribution in [0.2, 0.25) is 5.02 Å². The van der Waals surface area contributed by atoms with Crippen molar-refractivity contribution in [3.8, 4) is 0 Å². The van der Waals surface area contributed by atoms with Gasteiger partial charge in [-0.05, 0) is 53.0 Å². The minimum atomic E-state index is -0.269. The van der Waals surface area contributed by atoms with Crippen LogP contribution >= 0.6 is 22.9 Å². The molecule has 0 aliphatic rings. The second-order valence-electron chi connectivity index (χ2n) is 6.57. The van der Waals surface area contributed by atoms with Gasteiger partial charge < -0.3 is 15.1 Å². The third-order valence-electron chi connectivity index (χ3n) is 4.03. The van der Waals surface area contributed by atoms with Crippen LogP contribution in [0.1, 0.15) is 27.3 Å². The Kier molecular flexibility index (Phi) is 7.77. The van der Waals surface area contributed by atoms with Crippen molar-refractivity contribution in [1.82, 2.24) is 14.8 Å². The third kappa shape index (κ3) is 6.30. The quantitative estimate of drug-likeness (QED) is 0.726. The molecule has 6 nitrogen and oxygen atoms in total. The summed E-state index contributed by atoms with van der Waals surface area (Å²) in [6.45, 7) is 5.09. The van der Waals surface area contributed by atoms with Gasteiger partial charge in [-0.1, -0.05) is 23.7 Å². The average Bonchev–Trinajstić information content (AvgIpc) is 2.90. The molecule has 0 fully saturated rings. The molecule has 0 radical (unpaired) electrons. The lowest BCUT2D eigenvalue weighted by molar-refractivity contribution is -0.116. The Hall–Kier alpha value is -1.96. The molecule has 1 heterocycles. The maximum Gasteiger partial charge on any atom is 0.255 e. The van der Waals surface area contributed by atoms with E-state index in [-0.39, 0.29) is 18.4 Å². The molecule has 27 heavy (non-hydrogen) atoms. The Bertz CT molecular complexity index is 787. The molecule has 2 amide bonds. The number of thiazole rings is 1. The normalized spacial score (nSPS) is 10.9. The maximum atomic E-state index is 12.9. The SMILES string of the molecule is Cc1nc(NC(=O)CN(CCCN(C)C)C(=O)c2ccccc2Cl)sc1C. The van der Waals surface area contributed by atoms with Gasteiger partial charge in [-0.3, -0.25) is 9.59 Å². The highest BCUT2D eigenvalue weighted by atomic mass is 35.5. The number of carbonyl (C=O) groups excluding carboxylic acids is 2. The number of hydrogen-bond acceptors (Lipinski definition) is 5. The molecule has 0 spiro atoms. The van der Waals surface area contributed by atoms with Crippen molar-refractivity contribution in [1.29, 1.82) is 0 Å². The van der Waals surface area contributed by atoms with Gasteiger partial charge in [0.25, 0.3) is 5.91 Å². The topological polar surface area (TPSA) is 65.5 Å². The Morgan fingerprint density at radius 3 is 2.48 bits per heavy atom. The number of rotatable bonds is 8. The molecule has 1 N–H and O–H groups in total. The molecule has 146 valence electrons. The zero-order chi connectivity index (χ0) is 20.0. The molecular weight excluding hydrogens is 384 g/mol. The number of anilines is 1. The van der Waals surface area contributed by atoms with Crippen LogP contribution in [-0.4, -0.2) is 60.3 Å². The number of carbonyl (C=O) groups is 2. The first kappa shape index (κ1) is 21.3. The van der Waals surface area contributed by atoms with E-state index >= 15 is 0 Å². The molecule has 0 saturated carbocycles. The van der Waals surface area contributed by atoms with Gasteiger partial charge in [0.2, 0.25) is 5.91 Å². The first-order valence-corrected chi connectivity index (χ1v) is 9.89. The van der Waals surface area contributed by atoms with Crippen LogP contribution in [0, 0.1) is 13.8 Å². The minimum Gasteiger partial charge on any atom is -0.329 e. The molecule has 0 atom stereocenters. The highest BCUT2D eigenvalue weighted by molar-refractivity contribution is 7.15. The van der Waals surface area contributed by atoms with E-state index in [1.165, 1.54) is 16.2 Å². The highest BCUT2D eigenvalue weighted by Crippen LogP contribution is 2.21. The number of aromatic nitrogens is 1. The van der Waals surface area contributed by atoms with Crippen molar-refractivity contribution in [3.05, 3.63) is 45.4 Å². The predicted octanol–water partition coefficient (Wildman–Crippen LogP) is 3.45. The largest absolute Gasteiger partial charge is 0.329 e. The van der Waals surface area contributed by atoms with Crippen molar-refractivity contribution < 1.29 is 9.59 Å². The van der Waals surface area contributed by atoms with E-state index in [1.807, 2.05) is 32.8 Å². The summed E-state index contributed by atoms with van der Waals surface area (Å²) >= 11 is 7.59. The Morgan fingerprint density at radius 1 is 1.19 bits per heavy atom. The Morgan fingerprint density at radius 2 is 1.89 bits per heavy atom. The van der Waals surface area contributed by atoms with E-state index in [9.17, 15) is 9.59 Å². The smallest absolute Gasteiger partial charge is 0.255 e. The fourth-order valence-electron chi connectivity index (χ4n) is 2.49. The number of nitrogens with one attached hydrogen (secondary N) is 1. The lowest BCUT2D eigenvalue weighted by Crippen LogP contribution is -2.39. The van der Waals surface area contributed by atoms with Gasteiger partial charge in [0.1, 0.15) is 6.54 Å². The van der Waals surface area contributed by atoms with Crippen LogP contribution in [0.5, 0.6) is 0 Å². The van der Waals surface area contributed by atoms with Gasteiger partial charge >= 0.3 is 0 Å². The number of amides is 2. The van der Waals surface area contributed by atoms with Gasteiger partial charge in [0, 0.05) is 11.4 Å². The molecule has 2 rings (SSSR count). The second-order valence-corrected chi connectivity index (χ2v) is 8.18. The summed E-state index contributed by atoms with van der Waals surface area (Å²) in [5.74, 6) is -0.519. The standard InChI is InChI=1S/C19H25ClN4O2S/c1-13-14(2)27-19(21-13)22-17(25)12-24(11-7-10-23(3)4)18(26)15-8-5-6-9-16(15)20/h5-6,8-9H,7,10-12H2,1-4H3,(H,21,22,25). The lowest BCUT2D eigenvalue weighted by Gasteiger charge is -2.23. The summed E-state index contributed by atoms with van der Waals surface area (Å²) in [5.41, 5.74) is 1.29. The first-order chi connectivity index (χ1) is 12.8. The van der Waals surface area contributed by atoms with Gasteiger partial charge in [-0.25, -0.2) is 4.98 Å². The first-order valence-electron chi connectivity index (χ1n) is 8.70. The van der Waals surface area contributed by atoms with E-state index in [1.54, 1.807) is 24.3 Å². The number of benzene rings is 1. The predicted molar refractivity (Wildman–Crippen MR) is 111 cm³/mol. The molecule has 0 bridgehead atoms.